The Labute approximate surface area is 121 Å². The van der Waals surface area contributed by atoms with Crippen LogP contribution in [0.25, 0.3) is 0 Å². The zero-order valence-electron chi connectivity index (χ0n) is 11.6. The van der Waals surface area contributed by atoms with Crippen molar-refractivity contribution in [2.75, 3.05) is 13.2 Å². The number of rotatable bonds is 9. The minimum atomic E-state index is 0. The van der Waals surface area contributed by atoms with Gasteiger partial charge in [0.2, 0.25) is 5.91 Å². The summed E-state index contributed by atoms with van der Waals surface area (Å²) in [7, 11) is 0. The van der Waals surface area contributed by atoms with E-state index in [0.717, 1.165) is 13.0 Å². The maximum Gasteiger partial charge on any atom is 0.220 e. The molecule has 0 atom stereocenters. The molecule has 4 heteroatoms. The van der Waals surface area contributed by atoms with E-state index in [2.05, 4.69) is 12.2 Å². The van der Waals surface area contributed by atoms with E-state index in [1.807, 2.05) is 13.8 Å². The second-order valence-electron chi connectivity index (χ2n) is 3.59. The molecular formula is C13H29NO2W. The number of nitrogens with one attached hydrogen (secondary N) is 1. The maximum absolute atomic E-state index is 11.1. The quantitative estimate of drug-likeness (QED) is 0.570. The van der Waals surface area contributed by atoms with Crippen LogP contribution in [-0.2, 0) is 25.9 Å². The number of amides is 1. The Morgan fingerprint density at radius 3 is 2.18 bits per heavy atom. The van der Waals surface area contributed by atoms with Gasteiger partial charge in [-0.1, -0.05) is 46.5 Å². The summed E-state index contributed by atoms with van der Waals surface area (Å²) in [6, 6.07) is 0. The average molecular weight is 415 g/mol. The minimum absolute atomic E-state index is 0. The number of carbonyl (C=O) groups excluding carboxylic acids is 1. The first kappa shape index (κ1) is 22.3. The molecule has 0 bridgehead atoms. The van der Waals surface area contributed by atoms with Crippen molar-refractivity contribution in [2.24, 2.45) is 0 Å². The molecule has 0 aliphatic heterocycles. The molecule has 0 rings (SSSR count). The number of carbonyl (C=O) groups is 1. The van der Waals surface area contributed by atoms with Gasteiger partial charge in [-0.15, -0.1) is 0 Å². The summed E-state index contributed by atoms with van der Waals surface area (Å²) >= 11 is 0. The van der Waals surface area contributed by atoms with Crippen molar-refractivity contribution in [1.29, 1.82) is 0 Å². The standard InChI is InChI=1S/C11H23NO2.C2H6.W/c1-2-3-4-5-6-9-12-11(14)8-7-10-13;1-2;/h13H,2-10H2,1H3,(H,12,14);1-2H3;. The van der Waals surface area contributed by atoms with Gasteiger partial charge < -0.3 is 10.4 Å². The zero-order valence-corrected chi connectivity index (χ0v) is 14.6. The smallest absolute Gasteiger partial charge is 0.220 e. The van der Waals surface area contributed by atoms with E-state index in [0.29, 0.717) is 12.8 Å². The fraction of sp³-hybridized carbons (Fsp3) is 0.923. The number of unbranched alkanes of at least 4 members (excludes halogenated alkanes) is 4. The number of aliphatic hydroxyl groups is 1. The molecule has 0 spiro atoms. The first-order valence-corrected chi connectivity index (χ1v) is 6.68. The molecular weight excluding hydrogens is 386 g/mol. The molecule has 0 saturated carbocycles. The second-order valence-corrected chi connectivity index (χ2v) is 3.59. The first-order chi connectivity index (χ1) is 7.81. The van der Waals surface area contributed by atoms with Crippen molar-refractivity contribution in [3.63, 3.8) is 0 Å². The van der Waals surface area contributed by atoms with E-state index < -0.39 is 0 Å². The molecule has 0 aromatic heterocycles. The van der Waals surface area contributed by atoms with Gasteiger partial charge in [-0.05, 0) is 12.8 Å². The van der Waals surface area contributed by atoms with Crippen LogP contribution in [0, 0.1) is 0 Å². The summed E-state index contributed by atoms with van der Waals surface area (Å²) in [6.45, 7) is 7.08. The van der Waals surface area contributed by atoms with E-state index in [1.54, 1.807) is 0 Å². The molecule has 3 nitrogen and oxygen atoms in total. The SMILES string of the molecule is CC.CCCCCCCNC(=O)CCCO.[W]. The van der Waals surface area contributed by atoms with E-state index in [4.69, 9.17) is 5.11 Å². The van der Waals surface area contributed by atoms with Gasteiger partial charge >= 0.3 is 0 Å². The Morgan fingerprint density at radius 2 is 1.65 bits per heavy atom. The predicted octanol–water partition coefficient (Wildman–Crippen LogP) is 2.87. The monoisotopic (exact) mass is 415 g/mol. The number of hydrogen-bond acceptors (Lipinski definition) is 2. The van der Waals surface area contributed by atoms with Gasteiger partial charge in [0.15, 0.2) is 0 Å². The molecule has 0 heterocycles. The van der Waals surface area contributed by atoms with E-state index in [1.165, 1.54) is 25.7 Å². The molecule has 2 N–H and O–H groups in total. The predicted molar refractivity (Wildman–Crippen MR) is 69.4 cm³/mol. The molecule has 0 aromatic rings. The number of hydrogen-bond donors (Lipinski definition) is 2. The third-order valence-electron chi connectivity index (χ3n) is 2.16. The topological polar surface area (TPSA) is 49.3 Å². The van der Waals surface area contributed by atoms with Crippen LogP contribution >= 0.6 is 0 Å². The third-order valence-corrected chi connectivity index (χ3v) is 2.16. The Kier molecular flexibility index (Phi) is 28.1. The Balaban J connectivity index is -0.000000616. The Bertz CT molecular complexity index is 143. The summed E-state index contributed by atoms with van der Waals surface area (Å²) < 4.78 is 0. The van der Waals surface area contributed by atoms with E-state index in [-0.39, 0.29) is 33.6 Å². The van der Waals surface area contributed by atoms with Crippen LogP contribution in [-0.4, -0.2) is 24.2 Å². The summed E-state index contributed by atoms with van der Waals surface area (Å²) in [4.78, 5) is 11.1. The van der Waals surface area contributed by atoms with Crippen LogP contribution in [0.5, 0.6) is 0 Å². The van der Waals surface area contributed by atoms with Crippen molar-refractivity contribution < 1.29 is 31.0 Å². The molecule has 0 aliphatic rings. The largest absolute Gasteiger partial charge is 0.396 e. The van der Waals surface area contributed by atoms with Gasteiger partial charge in [0.05, 0.1) is 0 Å². The van der Waals surface area contributed by atoms with Gasteiger partial charge in [-0.3, -0.25) is 4.79 Å². The van der Waals surface area contributed by atoms with Crippen molar-refractivity contribution in [1.82, 2.24) is 5.32 Å². The first-order valence-electron chi connectivity index (χ1n) is 6.68. The van der Waals surface area contributed by atoms with Gasteiger partial charge in [0.1, 0.15) is 0 Å². The maximum atomic E-state index is 11.1. The normalized spacial score (nSPS) is 8.71. The average Bonchev–Trinajstić information content (AvgIpc) is 2.33. The molecule has 0 unspecified atom stereocenters. The number of aliphatic hydroxyl groups excluding tert-OH is 1. The van der Waals surface area contributed by atoms with Crippen LogP contribution < -0.4 is 5.32 Å². The van der Waals surface area contributed by atoms with Crippen LogP contribution in [0.4, 0.5) is 0 Å². The van der Waals surface area contributed by atoms with Crippen LogP contribution in [0.2, 0.25) is 0 Å². The molecule has 1 amide bonds. The fourth-order valence-electron chi connectivity index (χ4n) is 1.28. The van der Waals surface area contributed by atoms with Crippen molar-refractivity contribution >= 4 is 5.91 Å². The minimum Gasteiger partial charge on any atom is -0.396 e. The van der Waals surface area contributed by atoms with Crippen molar-refractivity contribution in [3.05, 3.63) is 0 Å². The van der Waals surface area contributed by atoms with Crippen molar-refractivity contribution in [2.45, 2.75) is 65.7 Å². The second kappa shape index (κ2) is 21.4. The third kappa shape index (κ3) is 21.9. The van der Waals surface area contributed by atoms with Gasteiger partial charge in [0.25, 0.3) is 0 Å². The molecule has 0 aromatic carbocycles. The Morgan fingerprint density at radius 1 is 1.06 bits per heavy atom. The van der Waals surface area contributed by atoms with E-state index in [9.17, 15) is 4.79 Å². The summed E-state index contributed by atoms with van der Waals surface area (Å²) in [5, 5.41) is 11.3. The van der Waals surface area contributed by atoms with Gasteiger partial charge in [-0.25, -0.2) is 0 Å². The van der Waals surface area contributed by atoms with Gasteiger partial charge in [0, 0.05) is 40.6 Å². The molecule has 0 saturated heterocycles. The van der Waals surface area contributed by atoms with Crippen LogP contribution in [0.3, 0.4) is 0 Å². The molecule has 0 aliphatic carbocycles. The molecule has 104 valence electrons. The molecule has 0 radical (unpaired) electrons. The fourth-order valence-corrected chi connectivity index (χ4v) is 1.28. The molecule has 0 fully saturated rings. The summed E-state index contributed by atoms with van der Waals surface area (Å²) in [6.07, 6.45) is 7.11. The van der Waals surface area contributed by atoms with Crippen molar-refractivity contribution in [3.8, 4) is 0 Å². The van der Waals surface area contributed by atoms with Gasteiger partial charge in [-0.2, -0.15) is 0 Å². The summed E-state index contributed by atoms with van der Waals surface area (Å²) in [5.74, 6) is 0.0644. The van der Waals surface area contributed by atoms with Crippen LogP contribution in [0.15, 0.2) is 0 Å². The van der Waals surface area contributed by atoms with Crippen LogP contribution in [0.1, 0.15) is 65.7 Å². The summed E-state index contributed by atoms with van der Waals surface area (Å²) in [5.41, 5.74) is 0. The Hall–Kier alpha value is 0.118. The molecule has 17 heavy (non-hydrogen) atoms. The van der Waals surface area contributed by atoms with E-state index >= 15 is 0 Å². The zero-order chi connectivity index (χ0) is 12.6.